The minimum absolute atomic E-state index is 0.0119. The zero-order valence-electron chi connectivity index (χ0n) is 16.4. The van der Waals surface area contributed by atoms with Gasteiger partial charge in [-0.1, -0.05) is 29.8 Å². The molecule has 0 saturated carbocycles. The summed E-state index contributed by atoms with van der Waals surface area (Å²) in [6, 6.07) is 12.0. The fraction of sp³-hybridized carbons (Fsp3) is 0.350. The number of carbonyl (C=O) groups excluding carboxylic acids is 1. The summed E-state index contributed by atoms with van der Waals surface area (Å²) in [5.74, 6) is 0.480. The lowest BCUT2D eigenvalue weighted by Crippen LogP contribution is -2.46. The number of hydrogen-bond acceptors (Lipinski definition) is 4. The smallest absolute Gasteiger partial charge is 0.241 e. The van der Waals surface area contributed by atoms with E-state index in [1.54, 1.807) is 40.0 Å². The Morgan fingerprint density at radius 2 is 1.79 bits per heavy atom. The molecule has 2 N–H and O–H groups in total. The molecule has 0 aliphatic rings. The molecule has 0 saturated heterocycles. The van der Waals surface area contributed by atoms with Crippen molar-refractivity contribution in [2.24, 2.45) is 0 Å². The lowest BCUT2D eigenvalue weighted by Gasteiger charge is -2.26. The number of halogens is 1. The number of ether oxygens (including phenoxy) is 1. The standard InChI is InChI=1S/C20H25ClN2O4S/c1-14-17(21)6-5-7-18(14)28(25,26)23-20(2,3)12-19(24)22-13-15-8-10-16(27-4)11-9-15/h5-11,23H,12-13H2,1-4H3,(H,22,24). The molecule has 2 rings (SSSR count). The number of sulfonamides is 1. The lowest BCUT2D eigenvalue weighted by molar-refractivity contribution is -0.122. The number of nitrogens with one attached hydrogen (secondary N) is 2. The molecule has 0 atom stereocenters. The second kappa shape index (κ2) is 8.94. The predicted octanol–water partition coefficient (Wildman–Crippen LogP) is 3.42. The summed E-state index contributed by atoms with van der Waals surface area (Å²) in [5.41, 5.74) is 0.413. The molecule has 0 aliphatic heterocycles. The zero-order chi connectivity index (χ0) is 20.9. The number of carbonyl (C=O) groups is 1. The van der Waals surface area contributed by atoms with Gasteiger partial charge in [-0.3, -0.25) is 4.79 Å². The molecule has 152 valence electrons. The van der Waals surface area contributed by atoms with Crippen LogP contribution in [0.25, 0.3) is 0 Å². The second-order valence-corrected chi connectivity index (χ2v) is 9.21. The third-order valence-electron chi connectivity index (χ3n) is 4.17. The van der Waals surface area contributed by atoms with E-state index in [0.29, 0.717) is 17.1 Å². The lowest BCUT2D eigenvalue weighted by atomic mass is 10.0. The maximum absolute atomic E-state index is 12.7. The SMILES string of the molecule is COc1ccc(CNC(=O)CC(C)(C)NS(=O)(=O)c2cccc(Cl)c2C)cc1. The van der Waals surface area contributed by atoms with Gasteiger partial charge in [0.25, 0.3) is 0 Å². The highest BCUT2D eigenvalue weighted by Gasteiger charge is 2.29. The first-order valence-electron chi connectivity index (χ1n) is 8.73. The van der Waals surface area contributed by atoms with Gasteiger partial charge in [-0.15, -0.1) is 0 Å². The number of amides is 1. The highest BCUT2D eigenvalue weighted by atomic mass is 35.5. The molecule has 0 aliphatic carbocycles. The summed E-state index contributed by atoms with van der Waals surface area (Å²) in [5, 5.41) is 3.18. The maximum Gasteiger partial charge on any atom is 0.241 e. The van der Waals surface area contributed by atoms with Gasteiger partial charge in [0.05, 0.1) is 12.0 Å². The minimum Gasteiger partial charge on any atom is -0.497 e. The number of hydrogen-bond donors (Lipinski definition) is 2. The van der Waals surface area contributed by atoms with E-state index >= 15 is 0 Å². The summed E-state index contributed by atoms with van der Waals surface area (Å²) >= 11 is 6.03. The van der Waals surface area contributed by atoms with Gasteiger partial charge in [0.1, 0.15) is 5.75 Å². The third-order valence-corrected chi connectivity index (χ3v) is 6.42. The average molecular weight is 425 g/mol. The van der Waals surface area contributed by atoms with Crippen LogP contribution in [0.2, 0.25) is 5.02 Å². The fourth-order valence-electron chi connectivity index (χ4n) is 2.74. The molecule has 0 unspecified atom stereocenters. The van der Waals surface area contributed by atoms with Crippen LogP contribution in [0.5, 0.6) is 5.75 Å². The van der Waals surface area contributed by atoms with E-state index in [0.717, 1.165) is 11.3 Å². The van der Waals surface area contributed by atoms with Crippen LogP contribution in [-0.2, 0) is 21.4 Å². The van der Waals surface area contributed by atoms with Gasteiger partial charge in [0, 0.05) is 23.5 Å². The Hall–Kier alpha value is -2.09. The largest absolute Gasteiger partial charge is 0.497 e. The molecule has 6 nitrogen and oxygen atoms in total. The predicted molar refractivity (Wildman–Crippen MR) is 110 cm³/mol. The number of benzene rings is 2. The van der Waals surface area contributed by atoms with Gasteiger partial charge >= 0.3 is 0 Å². The Morgan fingerprint density at radius 3 is 2.39 bits per heavy atom. The number of rotatable bonds is 8. The average Bonchev–Trinajstić information content (AvgIpc) is 2.61. The van der Waals surface area contributed by atoms with Crippen molar-refractivity contribution in [2.75, 3.05) is 7.11 Å². The Bertz CT molecular complexity index is 941. The van der Waals surface area contributed by atoms with Gasteiger partial charge in [-0.25, -0.2) is 13.1 Å². The van der Waals surface area contributed by atoms with Crippen molar-refractivity contribution in [3.05, 3.63) is 58.6 Å². The van der Waals surface area contributed by atoms with E-state index in [1.807, 2.05) is 24.3 Å². The van der Waals surface area contributed by atoms with Crippen LogP contribution in [0.1, 0.15) is 31.4 Å². The molecular formula is C20H25ClN2O4S. The summed E-state index contributed by atoms with van der Waals surface area (Å²) in [6.45, 7) is 5.32. The van der Waals surface area contributed by atoms with E-state index in [-0.39, 0.29) is 17.2 Å². The Balaban J connectivity index is 1.99. The van der Waals surface area contributed by atoms with Crippen molar-refractivity contribution < 1.29 is 17.9 Å². The van der Waals surface area contributed by atoms with Crippen molar-refractivity contribution in [3.8, 4) is 5.75 Å². The van der Waals surface area contributed by atoms with Gasteiger partial charge in [-0.2, -0.15) is 0 Å². The summed E-state index contributed by atoms with van der Waals surface area (Å²) in [7, 11) is -2.23. The molecule has 28 heavy (non-hydrogen) atoms. The quantitative estimate of drug-likeness (QED) is 0.680. The summed E-state index contributed by atoms with van der Waals surface area (Å²) in [4.78, 5) is 12.4. The van der Waals surface area contributed by atoms with Crippen LogP contribution >= 0.6 is 11.6 Å². The van der Waals surface area contributed by atoms with Crippen LogP contribution in [0.3, 0.4) is 0 Å². The number of methoxy groups -OCH3 is 1. The van der Waals surface area contributed by atoms with Crippen molar-refractivity contribution >= 4 is 27.5 Å². The third kappa shape index (κ3) is 5.95. The minimum atomic E-state index is -3.82. The molecule has 1 amide bonds. The molecule has 0 fully saturated rings. The second-order valence-electron chi connectivity index (χ2n) is 7.15. The van der Waals surface area contributed by atoms with Gasteiger partial charge in [0.2, 0.25) is 15.9 Å². The molecule has 2 aromatic carbocycles. The van der Waals surface area contributed by atoms with Gasteiger partial charge in [0.15, 0.2) is 0 Å². The maximum atomic E-state index is 12.7. The van der Waals surface area contributed by atoms with Crippen molar-refractivity contribution in [2.45, 2.75) is 44.2 Å². The Kier molecular flexibility index (Phi) is 7.09. The van der Waals surface area contributed by atoms with E-state index in [1.165, 1.54) is 6.07 Å². The molecule has 0 spiro atoms. The first-order chi connectivity index (χ1) is 13.0. The molecule has 8 heteroatoms. The highest BCUT2D eigenvalue weighted by molar-refractivity contribution is 7.89. The van der Waals surface area contributed by atoms with Crippen molar-refractivity contribution in [1.29, 1.82) is 0 Å². The first kappa shape index (κ1) is 22.2. The van der Waals surface area contributed by atoms with Crippen LogP contribution in [-0.4, -0.2) is 27.0 Å². The van der Waals surface area contributed by atoms with E-state index in [9.17, 15) is 13.2 Å². The van der Waals surface area contributed by atoms with Gasteiger partial charge < -0.3 is 10.1 Å². The van der Waals surface area contributed by atoms with E-state index in [4.69, 9.17) is 16.3 Å². The van der Waals surface area contributed by atoms with E-state index in [2.05, 4.69) is 10.0 Å². The topological polar surface area (TPSA) is 84.5 Å². The van der Waals surface area contributed by atoms with Crippen LogP contribution < -0.4 is 14.8 Å². The zero-order valence-corrected chi connectivity index (χ0v) is 17.9. The first-order valence-corrected chi connectivity index (χ1v) is 10.6. The van der Waals surface area contributed by atoms with Crippen LogP contribution in [0.4, 0.5) is 0 Å². The molecular weight excluding hydrogens is 400 g/mol. The van der Waals surface area contributed by atoms with Crippen molar-refractivity contribution in [3.63, 3.8) is 0 Å². The molecule has 0 radical (unpaired) electrons. The Morgan fingerprint density at radius 1 is 1.14 bits per heavy atom. The summed E-state index contributed by atoms with van der Waals surface area (Å²) in [6.07, 6.45) is -0.0119. The molecule has 0 bridgehead atoms. The van der Waals surface area contributed by atoms with Gasteiger partial charge in [-0.05, 0) is 56.2 Å². The molecule has 0 aromatic heterocycles. The normalized spacial score (nSPS) is 11.9. The highest BCUT2D eigenvalue weighted by Crippen LogP contribution is 2.24. The Labute approximate surface area is 171 Å². The fourth-order valence-corrected chi connectivity index (χ4v) is 4.65. The van der Waals surface area contributed by atoms with Crippen LogP contribution in [0, 0.1) is 6.92 Å². The monoisotopic (exact) mass is 424 g/mol. The van der Waals surface area contributed by atoms with E-state index < -0.39 is 15.6 Å². The van der Waals surface area contributed by atoms with Crippen LogP contribution in [0.15, 0.2) is 47.4 Å². The molecule has 2 aromatic rings. The molecule has 0 heterocycles. The summed E-state index contributed by atoms with van der Waals surface area (Å²) < 4.78 is 33.2. The van der Waals surface area contributed by atoms with Crippen molar-refractivity contribution in [1.82, 2.24) is 10.0 Å².